The number of nitrogens with two attached hydrogens (primary N) is 1. The molecule has 1 aliphatic heterocycles. The van der Waals surface area contributed by atoms with E-state index >= 15 is 0 Å². The number of carbonyl (C=O) groups excluding carboxylic acids is 1. The van der Waals surface area contributed by atoms with Crippen LogP contribution in [0.1, 0.15) is 9.67 Å². The van der Waals surface area contributed by atoms with E-state index in [9.17, 15) is 4.79 Å². The Balaban J connectivity index is 1.53. The van der Waals surface area contributed by atoms with Crippen LogP contribution < -0.4 is 30.0 Å². The average molecular weight is 423 g/mol. The van der Waals surface area contributed by atoms with Gasteiger partial charge >= 0.3 is 0 Å². The molecular weight excluding hydrogens is 406 g/mol. The van der Waals surface area contributed by atoms with Crippen LogP contribution in [0.15, 0.2) is 36.4 Å². The van der Waals surface area contributed by atoms with E-state index in [1.165, 1.54) is 11.3 Å². The SMILES string of the molecule is COc1cc2cc3c(N)c(C(=O)Nc4ccc5c(c4)OCO5)sc3nc2cc1OC. The maximum Gasteiger partial charge on any atom is 0.267 e. The Hall–Kier alpha value is -3.72. The number of nitrogens with zero attached hydrogens (tertiary/aromatic N) is 1. The van der Waals surface area contributed by atoms with Crippen LogP contribution in [0.3, 0.4) is 0 Å². The monoisotopic (exact) mass is 423 g/mol. The number of thiophene rings is 1. The summed E-state index contributed by atoms with van der Waals surface area (Å²) in [5.41, 5.74) is 8.01. The minimum atomic E-state index is -0.311. The molecule has 2 aromatic heterocycles. The van der Waals surface area contributed by atoms with Crippen molar-refractivity contribution < 1.29 is 23.7 Å². The first-order valence-electron chi connectivity index (χ1n) is 9.03. The summed E-state index contributed by atoms with van der Waals surface area (Å²) in [5.74, 6) is 2.11. The fraction of sp³-hybridized carbons (Fsp3) is 0.143. The number of hydrogen-bond donors (Lipinski definition) is 2. The summed E-state index contributed by atoms with van der Waals surface area (Å²) in [6.07, 6.45) is 0. The molecule has 3 N–H and O–H groups in total. The van der Waals surface area contributed by atoms with Crippen molar-refractivity contribution in [2.24, 2.45) is 0 Å². The number of hydrogen-bond acceptors (Lipinski definition) is 8. The molecule has 1 amide bonds. The number of ether oxygens (including phenoxy) is 4. The van der Waals surface area contributed by atoms with Gasteiger partial charge in [0, 0.05) is 28.6 Å². The van der Waals surface area contributed by atoms with E-state index in [1.54, 1.807) is 38.5 Å². The Bertz CT molecular complexity index is 1320. The topological polar surface area (TPSA) is 105 Å². The first-order valence-corrected chi connectivity index (χ1v) is 9.85. The van der Waals surface area contributed by atoms with Gasteiger partial charge in [0.1, 0.15) is 9.71 Å². The molecule has 2 aromatic carbocycles. The molecule has 1 aliphatic rings. The lowest BCUT2D eigenvalue weighted by atomic mass is 10.1. The number of rotatable bonds is 4. The summed E-state index contributed by atoms with van der Waals surface area (Å²) in [5, 5.41) is 4.41. The zero-order valence-electron chi connectivity index (χ0n) is 16.1. The molecule has 0 aliphatic carbocycles. The van der Waals surface area contributed by atoms with Gasteiger partial charge in [-0.05, 0) is 24.3 Å². The van der Waals surface area contributed by atoms with E-state index in [4.69, 9.17) is 24.7 Å². The summed E-state index contributed by atoms with van der Waals surface area (Å²) in [6.45, 7) is 0.171. The highest BCUT2D eigenvalue weighted by atomic mass is 32.1. The van der Waals surface area contributed by atoms with Crippen LogP contribution in [0.5, 0.6) is 23.0 Å². The molecule has 0 fully saturated rings. The number of amides is 1. The van der Waals surface area contributed by atoms with E-state index in [2.05, 4.69) is 10.3 Å². The zero-order chi connectivity index (χ0) is 20.8. The number of methoxy groups -OCH3 is 2. The van der Waals surface area contributed by atoms with Crippen LogP contribution >= 0.6 is 11.3 Å². The summed E-state index contributed by atoms with van der Waals surface area (Å²) >= 11 is 1.24. The first-order chi connectivity index (χ1) is 14.6. The first kappa shape index (κ1) is 18.3. The summed E-state index contributed by atoms with van der Waals surface area (Å²) in [7, 11) is 3.15. The molecule has 0 bridgehead atoms. The highest BCUT2D eigenvalue weighted by molar-refractivity contribution is 7.21. The number of nitrogens with one attached hydrogen (secondary N) is 1. The molecule has 9 heteroatoms. The maximum absolute atomic E-state index is 12.9. The van der Waals surface area contributed by atoms with Crippen LogP contribution in [0.25, 0.3) is 21.1 Å². The molecule has 0 spiro atoms. The quantitative estimate of drug-likeness (QED) is 0.511. The van der Waals surface area contributed by atoms with Gasteiger partial charge in [-0.2, -0.15) is 0 Å². The van der Waals surface area contributed by atoms with Gasteiger partial charge in [-0.1, -0.05) is 0 Å². The molecule has 152 valence electrons. The highest BCUT2D eigenvalue weighted by Gasteiger charge is 2.20. The van der Waals surface area contributed by atoms with E-state index in [0.717, 1.165) is 16.3 Å². The van der Waals surface area contributed by atoms with Gasteiger partial charge in [-0.25, -0.2) is 4.98 Å². The van der Waals surface area contributed by atoms with E-state index in [1.807, 2.05) is 12.1 Å². The third-order valence-corrected chi connectivity index (χ3v) is 5.97. The Labute approximate surface area is 175 Å². The molecule has 5 rings (SSSR count). The predicted molar refractivity (Wildman–Crippen MR) is 115 cm³/mol. The molecular formula is C21H17N3O5S. The minimum Gasteiger partial charge on any atom is -0.493 e. The van der Waals surface area contributed by atoms with Crippen molar-refractivity contribution in [1.29, 1.82) is 0 Å². The molecule has 0 saturated carbocycles. The molecule has 30 heavy (non-hydrogen) atoms. The van der Waals surface area contributed by atoms with Gasteiger partial charge < -0.3 is 30.0 Å². The van der Waals surface area contributed by atoms with Crippen molar-refractivity contribution in [2.75, 3.05) is 32.1 Å². The number of fused-ring (bicyclic) bond motifs is 3. The lowest BCUT2D eigenvalue weighted by Gasteiger charge is -2.08. The van der Waals surface area contributed by atoms with E-state index < -0.39 is 0 Å². The maximum atomic E-state index is 12.9. The van der Waals surface area contributed by atoms with Crippen molar-refractivity contribution in [2.45, 2.75) is 0 Å². The lowest BCUT2D eigenvalue weighted by molar-refractivity contribution is 0.103. The van der Waals surface area contributed by atoms with Crippen molar-refractivity contribution in [3.8, 4) is 23.0 Å². The second kappa shape index (κ2) is 6.96. The normalized spacial score (nSPS) is 12.3. The Kier molecular flexibility index (Phi) is 4.25. The van der Waals surface area contributed by atoms with Crippen LogP contribution in [0.4, 0.5) is 11.4 Å². The third-order valence-electron chi connectivity index (χ3n) is 4.86. The average Bonchev–Trinajstić information content (AvgIpc) is 3.35. The van der Waals surface area contributed by atoms with E-state index in [-0.39, 0.29) is 12.7 Å². The number of pyridine rings is 1. The molecule has 4 aromatic rings. The largest absolute Gasteiger partial charge is 0.493 e. The fourth-order valence-corrected chi connectivity index (χ4v) is 4.34. The molecule has 0 radical (unpaired) electrons. The summed E-state index contributed by atoms with van der Waals surface area (Å²) < 4.78 is 21.4. The third kappa shape index (κ3) is 2.91. The Morgan fingerprint density at radius 1 is 1.10 bits per heavy atom. The van der Waals surface area contributed by atoms with Crippen LogP contribution in [-0.2, 0) is 0 Å². The molecule has 8 nitrogen and oxygen atoms in total. The molecule has 3 heterocycles. The second-order valence-electron chi connectivity index (χ2n) is 6.61. The predicted octanol–water partition coefficient (Wildman–Crippen LogP) is 4.03. The van der Waals surface area contributed by atoms with Gasteiger partial charge in [0.15, 0.2) is 23.0 Å². The number of anilines is 2. The number of nitrogen functional groups attached to an aromatic ring is 1. The lowest BCUT2D eigenvalue weighted by Crippen LogP contribution is -2.11. The second-order valence-corrected chi connectivity index (χ2v) is 7.61. The molecule has 0 atom stereocenters. The molecule has 0 saturated heterocycles. The number of benzene rings is 2. The summed E-state index contributed by atoms with van der Waals surface area (Å²) in [4.78, 5) is 18.6. The van der Waals surface area contributed by atoms with Crippen molar-refractivity contribution in [1.82, 2.24) is 4.98 Å². The van der Waals surface area contributed by atoms with Gasteiger partial charge in [0.25, 0.3) is 5.91 Å². The van der Waals surface area contributed by atoms with Gasteiger partial charge in [-0.15, -0.1) is 11.3 Å². The van der Waals surface area contributed by atoms with Crippen LogP contribution in [-0.4, -0.2) is 31.9 Å². The number of aromatic nitrogens is 1. The van der Waals surface area contributed by atoms with Crippen LogP contribution in [0.2, 0.25) is 0 Å². The van der Waals surface area contributed by atoms with Gasteiger partial charge in [0.05, 0.1) is 25.4 Å². The standard InChI is InChI=1S/C21H17N3O5S/c1-26-15-6-10-5-12-18(22)19(30-21(12)24-13(10)8-16(15)27-2)20(25)23-11-3-4-14-17(7-11)29-9-28-14/h3-8H,9,22H2,1-2H3,(H,23,25). The van der Waals surface area contributed by atoms with Gasteiger partial charge in [0.2, 0.25) is 6.79 Å². The fourth-order valence-electron chi connectivity index (χ4n) is 3.36. The van der Waals surface area contributed by atoms with Crippen molar-refractivity contribution >= 4 is 49.7 Å². The van der Waals surface area contributed by atoms with Crippen molar-refractivity contribution in [3.05, 3.63) is 41.3 Å². The van der Waals surface area contributed by atoms with Crippen molar-refractivity contribution in [3.63, 3.8) is 0 Å². The Morgan fingerprint density at radius 3 is 2.67 bits per heavy atom. The van der Waals surface area contributed by atoms with E-state index in [0.29, 0.717) is 44.1 Å². The van der Waals surface area contributed by atoms with Gasteiger partial charge in [-0.3, -0.25) is 4.79 Å². The Morgan fingerprint density at radius 2 is 1.87 bits per heavy atom. The minimum absolute atomic E-state index is 0.171. The van der Waals surface area contributed by atoms with Crippen LogP contribution in [0, 0.1) is 0 Å². The highest BCUT2D eigenvalue weighted by Crippen LogP contribution is 2.39. The molecule has 0 unspecified atom stereocenters. The summed E-state index contributed by atoms with van der Waals surface area (Å²) in [6, 6.07) is 10.8. The zero-order valence-corrected chi connectivity index (χ0v) is 17.0. The number of carbonyl (C=O) groups is 1. The smallest absolute Gasteiger partial charge is 0.267 e.